The number of nitro benzene ring substituents is 1. The van der Waals surface area contributed by atoms with Gasteiger partial charge in [0.05, 0.1) is 21.3 Å². The van der Waals surface area contributed by atoms with Crippen LogP contribution in [0, 0.1) is 10.1 Å². The standard InChI is InChI=1S/C18H20N2O7S2/c1-2-28(23,24)12-11-27-16-5-7-17(8-6-16)29(25,26)19-10-9-14-3-4-15(20(21)22)13-18(14)19/h3-8,13H,2,9-12H2,1H3. The Morgan fingerprint density at radius 3 is 2.41 bits per heavy atom. The van der Waals surface area contributed by atoms with Crippen LogP contribution in [-0.2, 0) is 26.3 Å². The fourth-order valence-corrected chi connectivity index (χ4v) is 5.09. The van der Waals surface area contributed by atoms with E-state index >= 15 is 0 Å². The van der Waals surface area contributed by atoms with Crippen LogP contribution >= 0.6 is 0 Å². The summed E-state index contributed by atoms with van der Waals surface area (Å²) in [5, 5.41) is 11.0. The number of ether oxygens (including phenoxy) is 1. The van der Waals surface area contributed by atoms with Crippen LogP contribution in [0.2, 0.25) is 0 Å². The lowest BCUT2D eigenvalue weighted by Gasteiger charge is -2.19. The smallest absolute Gasteiger partial charge is 0.271 e. The molecule has 156 valence electrons. The van der Waals surface area contributed by atoms with E-state index in [-0.39, 0.29) is 35.2 Å². The molecule has 2 aromatic carbocycles. The van der Waals surface area contributed by atoms with Gasteiger partial charge >= 0.3 is 0 Å². The first-order valence-electron chi connectivity index (χ1n) is 8.87. The molecule has 0 unspecified atom stereocenters. The van der Waals surface area contributed by atoms with E-state index in [9.17, 15) is 26.9 Å². The highest BCUT2D eigenvalue weighted by atomic mass is 32.2. The second kappa shape index (κ2) is 7.99. The number of rotatable bonds is 8. The summed E-state index contributed by atoms with van der Waals surface area (Å²) in [6.07, 6.45) is 0.472. The Morgan fingerprint density at radius 2 is 1.79 bits per heavy atom. The van der Waals surface area contributed by atoms with Crippen LogP contribution in [0.25, 0.3) is 0 Å². The molecule has 0 N–H and O–H groups in total. The van der Waals surface area contributed by atoms with Crippen molar-refractivity contribution in [1.29, 1.82) is 0 Å². The summed E-state index contributed by atoms with van der Waals surface area (Å²) >= 11 is 0. The van der Waals surface area contributed by atoms with Gasteiger partial charge in [-0.05, 0) is 36.2 Å². The van der Waals surface area contributed by atoms with Gasteiger partial charge < -0.3 is 4.74 Å². The Balaban J connectivity index is 1.78. The third-order valence-electron chi connectivity index (χ3n) is 4.65. The lowest BCUT2D eigenvalue weighted by Crippen LogP contribution is -2.29. The highest BCUT2D eigenvalue weighted by Gasteiger charge is 2.32. The largest absolute Gasteiger partial charge is 0.493 e. The van der Waals surface area contributed by atoms with Crippen molar-refractivity contribution in [3.05, 3.63) is 58.1 Å². The summed E-state index contributed by atoms with van der Waals surface area (Å²) in [4.78, 5) is 10.5. The highest BCUT2D eigenvalue weighted by molar-refractivity contribution is 7.93. The van der Waals surface area contributed by atoms with E-state index in [1.807, 2.05) is 0 Å². The molecular weight excluding hydrogens is 420 g/mol. The van der Waals surface area contributed by atoms with Gasteiger partial charge in [0.25, 0.3) is 15.7 Å². The van der Waals surface area contributed by atoms with Crippen LogP contribution in [-0.4, -0.2) is 46.4 Å². The van der Waals surface area contributed by atoms with Gasteiger partial charge in [-0.25, -0.2) is 16.8 Å². The number of anilines is 1. The van der Waals surface area contributed by atoms with Crippen LogP contribution < -0.4 is 9.04 Å². The first-order chi connectivity index (χ1) is 13.6. The number of fused-ring (bicyclic) bond motifs is 1. The van der Waals surface area contributed by atoms with Gasteiger partial charge in [0, 0.05) is 24.4 Å². The van der Waals surface area contributed by atoms with Crippen LogP contribution in [0.3, 0.4) is 0 Å². The molecule has 0 aromatic heterocycles. The maximum absolute atomic E-state index is 13.0. The van der Waals surface area contributed by atoms with Gasteiger partial charge in [-0.2, -0.15) is 0 Å². The molecule has 0 aliphatic carbocycles. The van der Waals surface area contributed by atoms with Crippen LogP contribution in [0.5, 0.6) is 5.75 Å². The zero-order valence-corrected chi connectivity index (χ0v) is 17.3. The van der Waals surface area contributed by atoms with Gasteiger partial charge in [-0.1, -0.05) is 13.0 Å². The molecule has 1 heterocycles. The second-order valence-electron chi connectivity index (χ2n) is 6.45. The molecule has 0 saturated carbocycles. The van der Waals surface area contributed by atoms with E-state index in [1.54, 1.807) is 13.0 Å². The molecular formula is C18H20N2O7S2. The number of nitro groups is 1. The van der Waals surface area contributed by atoms with E-state index < -0.39 is 24.8 Å². The van der Waals surface area contributed by atoms with Gasteiger partial charge in [0.15, 0.2) is 9.84 Å². The minimum absolute atomic E-state index is 0.0189. The Bertz CT molecular complexity index is 1130. The van der Waals surface area contributed by atoms with Crippen molar-refractivity contribution in [1.82, 2.24) is 0 Å². The fourth-order valence-electron chi connectivity index (χ4n) is 2.97. The lowest BCUT2D eigenvalue weighted by molar-refractivity contribution is -0.384. The monoisotopic (exact) mass is 440 g/mol. The van der Waals surface area contributed by atoms with Crippen molar-refractivity contribution in [2.75, 3.05) is 29.0 Å². The van der Waals surface area contributed by atoms with E-state index in [1.165, 1.54) is 40.7 Å². The topological polar surface area (TPSA) is 124 Å². The molecule has 1 aliphatic rings. The van der Waals surface area contributed by atoms with Crippen molar-refractivity contribution < 1.29 is 26.5 Å². The summed E-state index contributed by atoms with van der Waals surface area (Å²) in [5.74, 6) is 0.267. The maximum Gasteiger partial charge on any atom is 0.271 e. The summed E-state index contributed by atoms with van der Waals surface area (Å²) in [5.41, 5.74) is 0.872. The molecule has 0 bridgehead atoms. The normalized spacial score (nSPS) is 13.9. The minimum Gasteiger partial charge on any atom is -0.493 e. The predicted molar refractivity (Wildman–Crippen MR) is 108 cm³/mol. The third-order valence-corrected chi connectivity index (χ3v) is 8.14. The Kier molecular flexibility index (Phi) is 5.80. The van der Waals surface area contributed by atoms with Crippen molar-refractivity contribution in [2.45, 2.75) is 18.2 Å². The number of sulfonamides is 1. The van der Waals surface area contributed by atoms with Crippen LogP contribution in [0.4, 0.5) is 11.4 Å². The molecule has 0 radical (unpaired) electrons. The molecule has 2 aromatic rings. The van der Waals surface area contributed by atoms with Crippen molar-refractivity contribution in [3.63, 3.8) is 0 Å². The molecule has 0 fully saturated rings. The van der Waals surface area contributed by atoms with E-state index in [0.29, 0.717) is 17.9 Å². The number of hydrogen-bond acceptors (Lipinski definition) is 7. The van der Waals surface area contributed by atoms with E-state index in [2.05, 4.69) is 0 Å². The van der Waals surface area contributed by atoms with Gasteiger partial charge in [0.1, 0.15) is 12.4 Å². The average Bonchev–Trinajstić information content (AvgIpc) is 3.12. The van der Waals surface area contributed by atoms with E-state index in [0.717, 1.165) is 5.56 Å². The highest BCUT2D eigenvalue weighted by Crippen LogP contribution is 2.35. The second-order valence-corrected chi connectivity index (χ2v) is 10.8. The van der Waals surface area contributed by atoms with Crippen molar-refractivity contribution in [3.8, 4) is 5.75 Å². The summed E-state index contributed by atoms with van der Waals surface area (Å²) in [6.45, 7) is 1.73. The number of sulfone groups is 1. The first kappa shape index (κ1) is 21.1. The van der Waals surface area contributed by atoms with Crippen LogP contribution in [0.15, 0.2) is 47.4 Å². The SMILES string of the molecule is CCS(=O)(=O)CCOc1ccc(S(=O)(=O)N2CCc3ccc([N+](=O)[O-])cc32)cc1. The van der Waals surface area contributed by atoms with Crippen molar-refractivity contribution in [2.24, 2.45) is 0 Å². The number of nitrogens with zero attached hydrogens (tertiary/aromatic N) is 2. The molecule has 29 heavy (non-hydrogen) atoms. The van der Waals surface area contributed by atoms with Gasteiger partial charge in [-0.3, -0.25) is 14.4 Å². The summed E-state index contributed by atoms with van der Waals surface area (Å²) in [7, 11) is -7.05. The molecule has 0 saturated heterocycles. The van der Waals surface area contributed by atoms with Gasteiger partial charge in [-0.15, -0.1) is 0 Å². The van der Waals surface area contributed by atoms with Crippen molar-refractivity contribution >= 4 is 31.2 Å². The minimum atomic E-state index is -3.90. The number of non-ortho nitro benzene ring substituents is 1. The Labute approximate surface area is 169 Å². The van der Waals surface area contributed by atoms with E-state index in [4.69, 9.17) is 4.74 Å². The maximum atomic E-state index is 13.0. The Hall–Kier alpha value is -2.66. The summed E-state index contributed by atoms with van der Waals surface area (Å²) in [6, 6.07) is 9.85. The molecule has 0 atom stereocenters. The molecule has 3 rings (SSSR count). The predicted octanol–water partition coefficient (Wildman–Crippen LogP) is 2.16. The number of hydrogen-bond donors (Lipinski definition) is 0. The summed E-state index contributed by atoms with van der Waals surface area (Å²) < 4.78 is 55.5. The average molecular weight is 440 g/mol. The third kappa shape index (κ3) is 4.51. The first-order valence-corrected chi connectivity index (χ1v) is 12.1. The van der Waals surface area contributed by atoms with Gasteiger partial charge in [0.2, 0.25) is 0 Å². The molecule has 0 amide bonds. The molecule has 0 spiro atoms. The lowest BCUT2D eigenvalue weighted by atomic mass is 10.1. The zero-order valence-electron chi connectivity index (χ0n) is 15.6. The molecule has 9 nitrogen and oxygen atoms in total. The van der Waals surface area contributed by atoms with Crippen LogP contribution in [0.1, 0.15) is 12.5 Å². The fraction of sp³-hybridized carbons (Fsp3) is 0.333. The molecule has 1 aliphatic heterocycles. The number of benzene rings is 2. The Morgan fingerprint density at radius 1 is 1.10 bits per heavy atom. The zero-order chi connectivity index (χ0) is 21.2. The molecule has 11 heteroatoms. The quantitative estimate of drug-likeness (QED) is 0.455.